The van der Waals surface area contributed by atoms with Crippen LogP contribution in [0.4, 0.5) is 0 Å². The molecule has 0 spiro atoms. The molecular weight excluding hydrogens is 194 g/mol. The van der Waals surface area contributed by atoms with Crippen LogP contribution < -0.4 is 15.2 Å². The van der Waals surface area contributed by atoms with Crippen molar-refractivity contribution in [2.45, 2.75) is 19.9 Å². The summed E-state index contributed by atoms with van der Waals surface area (Å²) in [6.07, 6.45) is 0. The zero-order valence-corrected chi connectivity index (χ0v) is 8.90. The van der Waals surface area contributed by atoms with Gasteiger partial charge < -0.3 is 15.2 Å². The molecule has 1 aromatic rings. The number of benzene rings is 1. The van der Waals surface area contributed by atoms with Gasteiger partial charge in [0.25, 0.3) is 0 Å². The van der Waals surface area contributed by atoms with Gasteiger partial charge in [-0.15, -0.1) is 0 Å². The van der Waals surface area contributed by atoms with Crippen LogP contribution in [0, 0.1) is 0 Å². The van der Waals surface area contributed by atoms with E-state index in [4.69, 9.17) is 15.2 Å². The largest absolute Gasteiger partial charge is 0.494 e. The molecule has 4 nitrogen and oxygen atoms in total. The predicted molar refractivity (Wildman–Crippen MR) is 56.9 cm³/mol. The molecule has 0 saturated heterocycles. The Morgan fingerprint density at radius 3 is 2.33 bits per heavy atom. The molecule has 1 aromatic carbocycles. The molecule has 1 unspecified atom stereocenters. The lowest BCUT2D eigenvalue weighted by Gasteiger charge is -2.07. The Hall–Kier alpha value is -1.55. The number of rotatable bonds is 4. The average molecular weight is 209 g/mol. The molecule has 4 heteroatoms. The molecule has 0 radical (unpaired) electrons. The van der Waals surface area contributed by atoms with E-state index in [-0.39, 0.29) is 0 Å². The van der Waals surface area contributed by atoms with Crippen LogP contribution in [0.2, 0.25) is 0 Å². The van der Waals surface area contributed by atoms with E-state index in [0.717, 1.165) is 5.75 Å². The van der Waals surface area contributed by atoms with Crippen LogP contribution in [0.3, 0.4) is 0 Å². The maximum absolute atomic E-state index is 11.1. The maximum Gasteiger partial charge on any atom is 0.328 e. The van der Waals surface area contributed by atoms with Crippen LogP contribution in [0.1, 0.15) is 13.8 Å². The van der Waals surface area contributed by atoms with Gasteiger partial charge in [-0.2, -0.15) is 0 Å². The first-order chi connectivity index (χ1) is 7.13. The summed E-state index contributed by atoms with van der Waals surface area (Å²) in [5.74, 6) is 0.776. The lowest BCUT2D eigenvalue weighted by molar-refractivity contribution is -0.135. The molecule has 0 aromatic heterocycles. The van der Waals surface area contributed by atoms with E-state index in [9.17, 15) is 4.79 Å². The zero-order valence-electron chi connectivity index (χ0n) is 8.90. The summed E-state index contributed by atoms with van der Waals surface area (Å²) in [7, 11) is 0. The second kappa shape index (κ2) is 5.36. The summed E-state index contributed by atoms with van der Waals surface area (Å²) < 4.78 is 10.2. The van der Waals surface area contributed by atoms with Gasteiger partial charge >= 0.3 is 5.97 Å². The van der Waals surface area contributed by atoms with E-state index in [1.165, 1.54) is 0 Å². The van der Waals surface area contributed by atoms with Gasteiger partial charge in [0, 0.05) is 0 Å². The molecule has 0 fully saturated rings. The minimum Gasteiger partial charge on any atom is -0.494 e. The van der Waals surface area contributed by atoms with E-state index in [1.54, 1.807) is 31.2 Å². The lowest BCUT2D eigenvalue weighted by Crippen LogP contribution is -2.30. The highest BCUT2D eigenvalue weighted by Gasteiger charge is 2.09. The Labute approximate surface area is 89.0 Å². The van der Waals surface area contributed by atoms with Crippen LogP contribution in [0.25, 0.3) is 0 Å². The van der Waals surface area contributed by atoms with Crippen molar-refractivity contribution in [3.63, 3.8) is 0 Å². The van der Waals surface area contributed by atoms with Crippen molar-refractivity contribution >= 4 is 5.97 Å². The van der Waals surface area contributed by atoms with Crippen molar-refractivity contribution in [1.29, 1.82) is 0 Å². The number of hydrogen-bond donors (Lipinski definition) is 1. The third-order valence-corrected chi connectivity index (χ3v) is 1.72. The topological polar surface area (TPSA) is 61.5 Å². The van der Waals surface area contributed by atoms with Gasteiger partial charge in [0.2, 0.25) is 0 Å². The van der Waals surface area contributed by atoms with Crippen LogP contribution >= 0.6 is 0 Å². The molecule has 0 saturated carbocycles. The SMILES string of the molecule is CCOc1ccc(OC(=O)C(C)N)cc1. The van der Waals surface area contributed by atoms with Crippen molar-refractivity contribution in [2.24, 2.45) is 5.73 Å². The molecule has 0 aliphatic rings. The standard InChI is InChI=1S/C11H15NO3/c1-3-14-9-4-6-10(7-5-9)15-11(13)8(2)12/h4-8H,3,12H2,1-2H3. The van der Waals surface area contributed by atoms with E-state index in [0.29, 0.717) is 12.4 Å². The van der Waals surface area contributed by atoms with Crippen LogP contribution in [-0.2, 0) is 4.79 Å². The summed E-state index contributed by atoms with van der Waals surface area (Å²) >= 11 is 0. The molecule has 0 aliphatic heterocycles. The number of esters is 1. The van der Waals surface area contributed by atoms with E-state index < -0.39 is 12.0 Å². The fourth-order valence-corrected chi connectivity index (χ4v) is 0.980. The van der Waals surface area contributed by atoms with Gasteiger partial charge in [0.1, 0.15) is 17.5 Å². The first-order valence-corrected chi connectivity index (χ1v) is 4.83. The van der Waals surface area contributed by atoms with Crippen LogP contribution in [0.5, 0.6) is 11.5 Å². The average Bonchev–Trinajstić information content (AvgIpc) is 2.21. The number of ether oxygens (including phenoxy) is 2. The Bertz CT molecular complexity index is 319. The first kappa shape index (κ1) is 11.5. The fourth-order valence-electron chi connectivity index (χ4n) is 0.980. The second-order valence-electron chi connectivity index (χ2n) is 3.11. The van der Waals surface area contributed by atoms with Gasteiger partial charge in [0.05, 0.1) is 6.61 Å². The molecule has 2 N–H and O–H groups in total. The molecule has 15 heavy (non-hydrogen) atoms. The molecular formula is C11H15NO3. The summed E-state index contributed by atoms with van der Waals surface area (Å²) in [4.78, 5) is 11.1. The Morgan fingerprint density at radius 1 is 1.33 bits per heavy atom. The molecule has 0 aliphatic carbocycles. The smallest absolute Gasteiger partial charge is 0.328 e. The Balaban J connectivity index is 2.60. The monoisotopic (exact) mass is 209 g/mol. The highest BCUT2D eigenvalue weighted by atomic mass is 16.5. The molecule has 0 amide bonds. The van der Waals surface area contributed by atoms with Crippen LogP contribution in [0.15, 0.2) is 24.3 Å². The number of nitrogens with two attached hydrogens (primary N) is 1. The molecule has 82 valence electrons. The normalized spacial score (nSPS) is 11.9. The van der Waals surface area contributed by atoms with Crippen molar-refractivity contribution in [2.75, 3.05) is 6.61 Å². The van der Waals surface area contributed by atoms with Gasteiger partial charge in [0.15, 0.2) is 0 Å². The summed E-state index contributed by atoms with van der Waals surface area (Å²) in [5, 5.41) is 0. The zero-order chi connectivity index (χ0) is 11.3. The van der Waals surface area contributed by atoms with Crippen molar-refractivity contribution in [3.05, 3.63) is 24.3 Å². The molecule has 0 heterocycles. The number of carbonyl (C=O) groups excluding carboxylic acids is 1. The summed E-state index contributed by atoms with van der Waals surface area (Å²) in [6.45, 7) is 4.10. The first-order valence-electron chi connectivity index (χ1n) is 4.83. The van der Waals surface area contributed by atoms with Gasteiger partial charge in [-0.05, 0) is 38.1 Å². The quantitative estimate of drug-likeness (QED) is 0.600. The van der Waals surface area contributed by atoms with Crippen molar-refractivity contribution < 1.29 is 14.3 Å². The molecule has 1 rings (SSSR count). The third-order valence-electron chi connectivity index (χ3n) is 1.72. The minimum atomic E-state index is -0.614. The molecule has 0 bridgehead atoms. The number of carbonyl (C=O) groups is 1. The molecule has 1 atom stereocenters. The van der Waals surface area contributed by atoms with Gasteiger partial charge in [-0.25, -0.2) is 4.79 Å². The summed E-state index contributed by atoms with van der Waals surface area (Å²) in [5.41, 5.74) is 5.36. The highest BCUT2D eigenvalue weighted by molar-refractivity contribution is 5.77. The van der Waals surface area contributed by atoms with E-state index in [2.05, 4.69) is 0 Å². The summed E-state index contributed by atoms with van der Waals surface area (Å²) in [6, 6.07) is 6.22. The van der Waals surface area contributed by atoms with E-state index >= 15 is 0 Å². The lowest BCUT2D eigenvalue weighted by atomic mass is 10.3. The van der Waals surface area contributed by atoms with Crippen molar-refractivity contribution in [3.8, 4) is 11.5 Å². The van der Waals surface area contributed by atoms with Gasteiger partial charge in [-0.3, -0.25) is 0 Å². The Kier molecular flexibility index (Phi) is 4.12. The minimum absolute atomic E-state index is 0.445. The van der Waals surface area contributed by atoms with Gasteiger partial charge in [-0.1, -0.05) is 0 Å². The second-order valence-corrected chi connectivity index (χ2v) is 3.11. The maximum atomic E-state index is 11.1. The Morgan fingerprint density at radius 2 is 1.87 bits per heavy atom. The number of hydrogen-bond acceptors (Lipinski definition) is 4. The third kappa shape index (κ3) is 3.59. The van der Waals surface area contributed by atoms with Crippen LogP contribution in [-0.4, -0.2) is 18.6 Å². The predicted octanol–water partition coefficient (Wildman–Crippen LogP) is 1.34. The van der Waals surface area contributed by atoms with Crippen molar-refractivity contribution in [1.82, 2.24) is 0 Å². The van der Waals surface area contributed by atoms with E-state index in [1.807, 2.05) is 6.92 Å². The highest BCUT2D eigenvalue weighted by Crippen LogP contribution is 2.17. The fraction of sp³-hybridized carbons (Fsp3) is 0.364.